The summed E-state index contributed by atoms with van der Waals surface area (Å²) in [5, 5.41) is 0. The molecule has 0 aliphatic heterocycles. The molecule has 0 aliphatic rings. The van der Waals surface area contributed by atoms with Crippen LogP contribution in [0.4, 0.5) is 0 Å². The van der Waals surface area contributed by atoms with Gasteiger partial charge >= 0.3 is 0 Å². The van der Waals surface area contributed by atoms with Gasteiger partial charge in [-0.05, 0) is 39.3 Å². The second-order valence-electron chi connectivity index (χ2n) is 4.60. The molecule has 0 heterocycles. The van der Waals surface area contributed by atoms with Crippen molar-refractivity contribution in [3.8, 4) is 0 Å². The van der Waals surface area contributed by atoms with Crippen molar-refractivity contribution in [2.24, 2.45) is 17.6 Å². The number of hydrogen-bond acceptors (Lipinski definition) is 2. The average Bonchev–Trinajstić information content (AvgIpc) is 2.12. The topological polar surface area (TPSA) is 29.3 Å². The molecule has 0 radical (unpaired) electrons. The summed E-state index contributed by atoms with van der Waals surface area (Å²) in [5.41, 5.74) is 5.66. The van der Waals surface area contributed by atoms with E-state index in [2.05, 4.69) is 46.6 Å². The first-order valence-electron chi connectivity index (χ1n) is 5.33. The maximum absolute atomic E-state index is 5.66. The molecule has 0 aromatic heterocycles. The van der Waals surface area contributed by atoms with Crippen molar-refractivity contribution in [3.05, 3.63) is 0 Å². The van der Waals surface area contributed by atoms with Crippen LogP contribution in [0.5, 0.6) is 0 Å². The smallest absolute Gasteiger partial charge is 0.0104 e. The van der Waals surface area contributed by atoms with Crippen molar-refractivity contribution in [1.29, 1.82) is 0 Å². The van der Waals surface area contributed by atoms with E-state index in [9.17, 15) is 0 Å². The van der Waals surface area contributed by atoms with Crippen molar-refractivity contribution in [3.63, 3.8) is 0 Å². The van der Waals surface area contributed by atoms with E-state index in [0.29, 0.717) is 23.9 Å². The molecule has 0 saturated heterocycles. The van der Waals surface area contributed by atoms with E-state index in [-0.39, 0.29) is 0 Å². The normalized spacial score (nSPS) is 19.2. The Labute approximate surface area is 83.5 Å². The van der Waals surface area contributed by atoms with Crippen molar-refractivity contribution in [1.82, 2.24) is 4.90 Å². The first kappa shape index (κ1) is 12.9. The van der Waals surface area contributed by atoms with Crippen LogP contribution in [0.3, 0.4) is 0 Å². The van der Waals surface area contributed by atoms with E-state index in [1.807, 2.05) is 0 Å². The van der Waals surface area contributed by atoms with Gasteiger partial charge in [0.15, 0.2) is 0 Å². The van der Waals surface area contributed by atoms with Crippen molar-refractivity contribution in [2.45, 2.75) is 46.7 Å². The molecule has 13 heavy (non-hydrogen) atoms. The van der Waals surface area contributed by atoms with E-state index in [4.69, 9.17) is 5.73 Å². The number of nitrogens with zero attached hydrogens (tertiary/aromatic N) is 1. The molecular formula is C11H26N2. The molecule has 0 spiro atoms. The summed E-state index contributed by atoms with van der Waals surface area (Å²) in [5.74, 6) is 1.28. The maximum Gasteiger partial charge on any atom is 0.0104 e. The number of hydrogen-bond donors (Lipinski definition) is 1. The van der Waals surface area contributed by atoms with Gasteiger partial charge in [-0.3, -0.25) is 0 Å². The van der Waals surface area contributed by atoms with Crippen LogP contribution in [0.2, 0.25) is 0 Å². The number of rotatable bonds is 5. The zero-order valence-corrected chi connectivity index (χ0v) is 10.0. The van der Waals surface area contributed by atoms with Gasteiger partial charge in [-0.1, -0.05) is 20.8 Å². The Hall–Kier alpha value is -0.0800. The zero-order valence-electron chi connectivity index (χ0n) is 10.0. The fraction of sp³-hybridized carbons (Fsp3) is 1.00. The van der Waals surface area contributed by atoms with Crippen molar-refractivity contribution < 1.29 is 0 Å². The summed E-state index contributed by atoms with van der Waals surface area (Å²) in [4.78, 5) is 2.43. The molecule has 0 saturated carbocycles. The Morgan fingerprint density at radius 1 is 1.00 bits per heavy atom. The molecular weight excluding hydrogens is 160 g/mol. The zero-order chi connectivity index (χ0) is 10.6. The third kappa shape index (κ3) is 3.65. The lowest BCUT2D eigenvalue weighted by molar-refractivity contribution is 0.124. The Morgan fingerprint density at radius 2 is 1.46 bits per heavy atom. The van der Waals surface area contributed by atoms with Crippen LogP contribution in [0.15, 0.2) is 0 Å². The summed E-state index contributed by atoms with van der Waals surface area (Å²) in [6, 6.07) is 1.20. The summed E-state index contributed by atoms with van der Waals surface area (Å²) in [7, 11) is 2.20. The highest BCUT2D eigenvalue weighted by Gasteiger charge is 2.21. The van der Waals surface area contributed by atoms with E-state index in [1.54, 1.807) is 0 Å². The fourth-order valence-electron chi connectivity index (χ4n) is 1.44. The van der Waals surface area contributed by atoms with Gasteiger partial charge in [0.05, 0.1) is 0 Å². The van der Waals surface area contributed by atoms with Crippen molar-refractivity contribution >= 4 is 0 Å². The first-order valence-corrected chi connectivity index (χ1v) is 5.33. The van der Waals surface area contributed by atoms with E-state index in [0.717, 1.165) is 6.54 Å². The van der Waals surface area contributed by atoms with Crippen molar-refractivity contribution in [2.75, 3.05) is 13.6 Å². The van der Waals surface area contributed by atoms with Gasteiger partial charge in [-0.25, -0.2) is 0 Å². The van der Waals surface area contributed by atoms with E-state index in [1.165, 1.54) is 0 Å². The lowest BCUT2D eigenvalue weighted by Gasteiger charge is -2.36. The third-order valence-corrected chi connectivity index (χ3v) is 3.44. The van der Waals surface area contributed by atoms with Gasteiger partial charge in [0.25, 0.3) is 0 Å². The standard InChI is InChI=1S/C11H26N2/c1-8(2)10(4)13(6)11(5)9(3)7-12/h8-11H,7,12H2,1-6H3. The van der Waals surface area contributed by atoms with Gasteiger partial charge in [-0.2, -0.15) is 0 Å². The highest BCUT2D eigenvalue weighted by atomic mass is 15.2. The quantitative estimate of drug-likeness (QED) is 0.711. The molecule has 0 rings (SSSR count). The lowest BCUT2D eigenvalue weighted by atomic mass is 9.97. The van der Waals surface area contributed by atoms with Gasteiger partial charge in [-0.15, -0.1) is 0 Å². The highest BCUT2D eigenvalue weighted by Crippen LogP contribution is 2.15. The summed E-state index contributed by atoms with van der Waals surface area (Å²) < 4.78 is 0. The summed E-state index contributed by atoms with van der Waals surface area (Å²) in [6.07, 6.45) is 0. The largest absolute Gasteiger partial charge is 0.330 e. The Morgan fingerprint density at radius 3 is 1.77 bits per heavy atom. The minimum atomic E-state index is 0.572. The molecule has 2 nitrogen and oxygen atoms in total. The summed E-state index contributed by atoms with van der Waals surface area (Å²) in [6.45, 7) is 12.1. The van der Waals surface area contributed by atoms with Crippen LogP contribution in [-0.2, 0) is 0 Å². The molecule has 3 unspecified atom stereocenters. The second kappa shape index (κ2) is 5.61. The van der Waals surface area contributed by atoms with Crippen LogP contribution < -0.4 is 5.73 Å². The molecule has 80 valence electrons. The van der Waals surface area contributed by atoms with Crippen LogP contribution in [0, 0.1) is 11.8 Å². The van der Waals surface area contributed by atoms with Crippen LogP contribution in [-0.4, -0.2) is 30.6 Å². The maximum atomic E-state index is 5.66. The first-order chi connectivity index (χ1) is 5.91. The molecule has 2 N–H and O–H groups in total. The fourth-order valence-corrected chi connectivity index (χ4v) is 1.44. The number of nitrogens with two attached hydrogens (primary N) is 1. The molecule has 0 bridgehead atoms. The Kier molecular flexibility index (Phi) is 5.57. The molecule has 0 aliphatic carbocycles. The van der Waals surface area contributed by atoms with Gasteiger partial charge in [0.1, 0.15) is 0 Å². The van der Waals surface area contributed by atoms with Gasteiger partial charge in [0.2, 0.25) is 0 Å². The second-order valence-corrected chi connectivity index (χ2v) is 4.60. The molecule has 3 atom stereocenters. The van der Waals surface area contributed by atoms with Gasteiger partial charge in [0, 0.05) is 12.1 Å². The highest BCUT2D eigenvalue weighted by molar-refractivity contribution is 4.76. The monoisotopic (exact) mass is 186 g/mol. The third-order valence-electron chi connectivity index (χ3n) is 3.44. The SMILES string of the molecule is CC(C)C(C)N(C)C(C)C(C)CN. The van der Waals surface area contributed by atoms with E-state index >= 15 is 0 Å². The predicted octanol–water partition coefficient (Wildman–Crippen LogP) is 1.95. The van der Waals surface area contributed by atoms with Gasteiger partial charge < -0.3 is 10.6 Å². The van der Waals surface area contributed by atoms with Crippen LogP contribution in [0.1, 0.15) is 34.6 Å². The molecule has 0 fully saturated rings. The molecule has 0 amide bonds. The Balaban J connectivity index is 4.15. The predicted molar refractivity (Wildman–Crippen MR) is 59.7 cm³/mol. The average molecular weight is 186 g/mol. The van der Waals surface area contributed by atoms with Crippen LogP contribution >= 0.6 is 0 Å². The summed E-state index contributed by atoms with van der Waals surface area (Å²) >= 11 is 0. The van der Waals surface area contributed by atoms with E-state index < -0.39 is 0 Å². The molecule has 2 heteroatoms. The minimum absolute atomic E-state index is 0.572. The lowest BCUT2D eigenvalue weighted by Crippen LogP contribution is -2.44. The molecule has 0 aromatic rings. The molecule has 0 aromatic carbocycles. The van der Waals surface area contributed by atoms with Crippen LogP contribution in [0.25, 0.3) is 0 Å². The minimum Gasteiger partial charge on any atom is -0.330 e. The Bertz CT molecular complexity index is 134.